The van der Waals surface area contributed by atoms with Gasteiger partial charge < -0.3 is 10.2 Å². The summed E-state index contributed by atoms with van der Waals surface area (Å²) in [7, 11) is -3.60. The highest BCUT2D eigenvalue weighted by atomic mass is 32.2. The van der Waals surface area contributed by atoms with Gasteiger partial charge in [0.05, 0.1) is 17.1 Å². The van der Waals surface area contributed by atoms with Crippen molar-refractivity contribution < 1.29 is 18.6 Å². The van der Waals surface area contributed by atoms with Gasteiger partial charge in [-0.3, -0.25) is 0 Å². The molecule has 2 rings (SSSR count). The van der Waals surface area contributed by atoms with Crippen molar-refractivity contribution in [3.8, 4) is 0 Å². The Kier molecular flexibility index (Phi) is 4.25. The van der Waals surface area contributed by atoms with Gasteiger partial charge in [-0.2, -0.15) is 4.31 Å². The van der Waals surface area contributed by atoms with Gasteiger partial charge in [-0.05, 0) is 31.9 Å². The number of aryl methyl sites for hydroxylation is 1. The molecule has 5 nitrogen and oxygen atoms in total. The molecule has 1 fully saturated rings. The topological polar surface area (TPSA) is 77.8 Å². The van der Waals surface area contributed by atoms with Crippen molar-refractivity contribution in [2.24, 2.45) is 0 Å². The van der Waals surface area contributed by atoms with Crippen molar-refractivity contribution in [3.63, 3.8) is 0 Å². The van der Waals surface area contributed by atoms with Crippen LogP contribution in [0.3, 0.4) is 0 Å². The van der Waals surface area contributed by atoms with Gasteiger partial charge in [0.15, 0.2) is 0 Å². The van der Waals surface area contributed by atoms with Crippen LogP contribution in [0.25, 0.3) is 0 Å². The minimum atomic E-state index is -3.60. The Morgan fingerprint density at radius 1 is 1.16 bits per heavy atom. The largest absolute Gasteiger partial charge is 0.390 e. The molecule has 106 valence electrons. The van der Waals surface area contributed by atoms with Crippen LogP contribution in [0.5, 0.6) is 0 Å². The first-order valence-electron chi connectivity index (χ1n) is 6.34. The number of rotatable bonds is 2. The first-order valence-corrected chi connectivity index (χ1v) is 7.78. The number of benzene rings is 1. The molecule has 0 radical (unpaired) electrons. The van der Waals surface area contributed by atoms with Crippen molar-refractivity contribution >= 4 is 10.0 Å². The quantitative estimate of drug-likeness (QED) is 0.829. The lowest BCUT2D eigenvalue weighted by molar-refractivity contribution is 0.0164. The van der Waals surface area contributed by atoms with E-state index in [4.69, 9.17) is 0 Å². The van der Waals surface area contributed by atoms with Gasteiger partial charge in [0.2, 0.25) is 10.0 Å². The fourth-order valence-corrected chi connectivity index (χ4v) is 3.66. The molecule has 19 heavy (non-hydrogen) atoms. The van der Waals surface area contributed by atoms with Crippen LogP contribution in [-0.2, 0) is 10.0 Å². The maximum Gasteiger partial charge on any atom is 0.243 e. The molecule has 0 aromatic heterocycles. The van der Waals surface area contributed by atoms with E-state index < -0.39 is 22.2 Å². The van der Waals surface area contributed by atoms with Gasteiger partial charge in [-0.25, -0.2) is 8.42 Å². The van der Waals surface area contributed by atoms with E-state index in [9.17, 15) is 18.6 Å². The minimum Gasteiger partial charge on any atom is -0.390 e. The van der Waals surface area contributed by atoms with E-state index in [2.05, 4.69) is 0 Å². The summed E-state index contributed by atoms with van der Waals surface area (Å²) in [5, 5.41) is 19.3. The van der Waals surface area contributed by atoms with E-state index in [1.807, 2.05) is 6.92 Å². The summed E-state index contributed by atoms with van der Waals surface area (Å²) in [5.41, 5.74) is 0.991. The Labute approximate surface area is 113 Å². The van der Waals surface area contributed by atoms with Crippen LogP contribution in [0, 0.1) is 6.92 Å². The van der Waals surface area contributed by atoms with Gasteiger partial charge in [0.1, 0.15) is 0 Å². The Bertz CT molecular complexity index is 526. The molecule has 0 amide bonds. The summed E-state index contributed by atoms with van der Waals surface area (Å²) in [6.07, 6.45) is -0.911. The maximum absolute atomic E-state index is 12.4. The van der Waals surface area contributed by atoms with Gasteiger partial charge >= 0.3 is 0 Å². The molecule has 0 saturated carbocycles. The number of nitrogens with zero attached hydrogens (tertiary/aromatic N) is 1. The van der Waals surface area contributed by atoms with Crippen LogP contribution < -0.4 is 0 Å². The molecule has 0 unspecified atom stereocenters. The average molecular weight is 285 g/mol. The van der Waals surface area contributed by atoms with Gasteiger partial charge in [-0.1, -0.05) is 17.7 Å². The molecule has 6 heteroatoms. The molecular formula is C13H19NO4S. The number of aliphatic hydroxyl groups is 2. The van der Waals surface area contributed by atoms with E-state index in [1.54, 1.807) is 24.3 Å². The molecular weight excluding hydrogens is 266 g/mol. The van der Waals surface area contributed by atoms with E-state index >= 15 is 0 Å². The zero-order chi connectivity index (χ0) is 14.0. The number of β-amino-alcohol motifs (C(OH)–C–C–N with tert-alkyl or cyclic N) is 1. The van der Waals surface area contributed by atoms with Crippen LogP contribution in [0.2, 0.25) is 0 Å². The van der Waals surface area contributed by atoms with Crippen LogP contribution in [-0.4, -0.2) is 48.2 Å². The molecule has 0 spiro atoms. The SMILES string of the molecule is Cc1ccc(S(=O)(=O)N2CCC[C@H](O)[C@H](O)C2)cc1. The normalized spacial score (nSPS) is 26.1. The molecule has 1 aliphatic rings. The second-order valence-corrected chi connectivity index (χ2v) is 6.89. The standard InChI is InChI=1S/C13H19NO4S/c1-10-4-6-11(7-5-10)19(17,18)14-8-2-3-12(15)13(16)9-14/h4-7,12-13,15-16H,2-3,8-9H2,1H3/t12-,13+/m0/s1. The monoisotopic (exact) mass is 285 g/mol. The zero-order valence-corrected chi connectivity index (χ0v) is 11.7. The van der Waals surface area contributed by atoms with Crippen LogP contribution in [0.1, 0.15) is 18.4 Å². The fraction of sp³-hybridized carbons (Fsp3) is 0.538. The molecule has 1 aromatic carbocycles. The highest BCUT2D eigenvalue weighted by molar-refractivity contribution is 7.89. The highest BCUT2D eigenvalue weighted by Crippen LogP contribution is 2.21. The van der Waals surface area contributed by atoms with Crippen molar-refractivity contribution in [2.45, 2.75) is 36.9 Å². The third kappa shape index (κ3) is 3.14. The molecule has 1 saturated heterocycles. The lowest BCUT2D eigenvalue weighted by atomic mass is 10.1. The third-order valence-electron chi connectivity index (χ3n) is 3.40. The molecule has 1 aromatic rings. The average Bonchev–Trinajstić information content (AvgIpc) is 2.53. The lowest BCUT2D eigenvalue weighted by Crippen LogP contribution is -2.39. The van der Waals surface area contributed by atoms with Crippen LogP contribution >= 0.6 is 0 Å². The first-order chi connectivity index (χ1) is 8.91. The van der Waals surface area contributed by atoms with Crippen molar-refractivity contribution in [1.82, 2.24) is 4.31 Å². The van der Waals surface area contributed by atoms with Crippen molar-refractivity contribution in [3.05, 3.63) is 29.8 Å². The van der Waals surface area contributed by atoms with Gasteiger partial charge in [0.25, 0.3) is 0 Å². The molecule has 0 bridgehead atoms. The zero-order valence-electron chi connectivity index (χ0n) is 10.9. The van der Waals surface area contributed by atoms with Crippen LogP contribution in [0.15, 0.2) is 29.2 Å². The Balaban J connectivity index is 2.26. The molecule has 1 aliphatic heterocycles. The van der Waals surface area contributed by atoms with E-state index in [1.165, 1.54) is 4.31 Å². The Morgan fingerprint density at radius 2 is 1.79 bits per heavy atom. The Morgan fingerprint density at radius 3 is 2.42 bits per heavy atom. The molecule has 2 N–H and O–H groups in total. The predicted molar refractivity (Wildman–Crippen MR) is 71.2 cm³/mol. The van der Waals surface area contributed by atoms with Crippen LogP contribution in [0.4, 0.5) is 0 Å². The maximum atomic E-state index is 12.4. The summed E-state index contributed by atoms with van der Waals surface area (Å²) in [6, 6.07) is 6.63. The molecule has 0 aliphatic carbocycles. The summed E-state index contributed by atoms with van der Waals surface area (Å²) >= 11 is 0. The highest BCUT2D eigenvalue weighted by Gasteiger charge is 2.31. The van der Waals surface area contributed by atoms with E-state index in [-0.39, 0.29) is 11.4 Å². The summed E-state index contributed by atoms with van der Waals surface area (Å²) in [4.78, 5) is 0.224. The predicted octanol–water partition coefficient (Wildman–Crippen LogP) is 0.501. The van der Waals surface area contributed by atoms with Crippen molar-refractivity contribution in [2.75, 3.05) is 13.1 Å². The third-order valence-corrected chi connectivity index (χ3v) is 5.28. The first kappa shape index (κ1) is 14.5. The molecule has 1 heterocycles. The number of aliphatic hydroxyl groups excluding tert-OH is 2. The van der Waals surface area contributed by atoms with Gasteiger partial charge in [-0.15, -0.1) is 0 Å². The van der Waals surface area contributed by atoms with Gasteiger partial charge in [0, 0.05) is 13.1 Å². The molecule has 2 atom stereocenters. The van der Waals surface area contributed by atoms with E-state index in [0.29, 0.717) is 19.4 Å². The minimum absolute atomic E-state index is 0.0582. The number of sulfonamides is 1. The number of hydrogen-bond acceptors (Lipinski definition) is 4. The summed E-state index contributed by atoms with van der Waals surface area (Å²) in [6.45, 7) is 2.16. The lowest BCUT2D eigenvalue weighted by Gasteiger charge is -2.22. The summed E-state index contributed by atoms with van der Waals surface area (Å²) in [5.74, 6) is 0. The smallest absolute Gasteiger partial charge is 0.243 e. The second kappa shape index (κ2) is 5.58. The number of hydrogen-bond donors (Lipinski definition) is 2. The second-order valence-electron chi connectivity index (χ2n) is 4.95. The van der Waals surface area contributed by atoms with E-state index in [0.717, 1.165) is 5.56 Å². The summed E-state index contributed by atoms with van der Waals surface area (Å²) < 4.78 is 26.1. The Hall–Kier alpha value is -0.950. The fourth-order valence-electron chi connectivity index (χ4n) is 2.17. The van der Waals surface area contributed by atoms with Crippen molar-refractivity contribution in [1.29, 1.82) is 0 Å².